The predicted molar refractivity (Wildman–Crippen MR) is 105 cm³/mol. The van der Waals surface area contributed by atoms with Crippen molar-refractivity contribution < 1.29 is 4.39 Å². The molecule has 0 radical (unpaired) electrons. The van der Waals surface area contributed by atoms with Crippen LogP contribution < -0.4 is 10.6 Å². The van der Waals surface area contributed by atoms with Crippen molar-refractivity contribution >= 4 is 45.9 Å². The number of hydrogen-bond acceptors (Lipinski definition) is 2. The molecule has 0 fully saturated rings. The van der Waals surface area contributed by atoms with Crippen molar-refractivity contribution in [2.24, 2.45) is 4.99 Å². The zero-order valence-corrected chi connectivity index (χ0v) is 16.6. The SMILES string of the molecule is CCNC(=NCc1ccc(Br)cc1F)NCc1ccccn1.I. The lowest BCUT2D eigenvalue weighted by molar-refractivity contribution is 0.609. The molecule has 1 aromatic heterocycles. The second-order valence-electron chi connectivity index (χ2n) is 4.61. The smallest absolute Gasteiger partial charge is 0.191 e. The Morgan fingerprint density at radius 1 is 1.26 bits per heavy atom. The van der Waals surface area contributed by atoms with Crippen molar-refractivity contribution in [3.8, 4) is 0 Å². The summed E-state index contributed by atoms with van der Waals surface area (Å²) in [5.41, 5.74) is 1.47. The molecule has 2 rings (SSSR count). The molecule has 0 spiro atoms. The summed E-state index contributed by atoms with van der Waals surface area (Å²) < 4.78 is 14.5. The first-order valence-corrected chi connectivity index (χ1v) is 7.84. The lowest BCUT2D eigenvalue weighted by Gasteiger charge is -2.11. The summed E-state index contributed by atoms with van der Waals surface area (Å²) >= 11 is 3.24. The minimum Gasteiger partial charge on any atom is -0.357 e. The van der Waals surface area contributed by atoms with Crippen LogP contribution >= 0.6 is 39.9 Å². The Labute approximate surface area is 161 Å². The van der Waals surface area contributed by atoms with Gasteiger partial charge in [-0.3, -0.25) is 4.98 Å². The van der Waals surface area contributed by atoms with Crippen molar-refractivity contribution in [3.05, 3.63) is 64.1 Å². The van der Waals surface area contributed by atoms with Crippen molar-refractivity contribution in [1.82, 2.24) is 15.6 Å². The molecule has 1 aromatic carbocycles. The van der Waals surface area contributed by atoms with Gasteiger partial charge < -0.3 is 10.6 Å². The molecule has 0 bridgehead atoms. The number of rotatable bonds is 5. The molecule has 0 atom stereocenters. The minimum absolute atomic E-state index is 0. The summed E-state index contributed by atoms with van der Waals surface area (Å²) in [4.78, 5) is 8.64. The van der Waals surface area contributed by atoms with Gasteiger partial charge in [0.2, 0.25) is 0 Å². The Hall–Kier alpha value is -1.22. The van der Waals surface area contributed by atoms with Crippen molar-refractivity contribution in [3.63, 3.8) is 0 Å². The van der Waals surface area contributed by atoms with Crippen molar-refractivity contribution in [1.29, 1.82) is 0 Å². The molecule has 0 amide bonds. The minimum atomic E-state index is -0.265. The maximum Gasteiger partial charge on any atom is 0.191 e. The van der Waals surface area contributed by atoms with Gasteiger partial charge in [0.1, 0.15) is 5.82 Å². The average molecular weight is 493 g/mol. The predicted octanol–water partition coefficient (Wildman–Crippen LogP) is 3.86. The number of nitrogens with zero attached hydrogens (tertiary/aromatic N) is 2. The molecule has 2 N–H and O–H groups in total. The Morgan fingerprint density at radius 2 is 2.09 bits per heavy atom. The third-order valence-corrected chi connectivity index (χ3v) is 3.42. The number of halogens is 3. The lowest BCUT2D eigenvalue weighted by atomic mass is 10.2. The summed E-state index contributed by atoms with van der Waals surface area (Å²) in [5, 5.41) is 6.32. The Kier molecular flexibility index (Phi) is 9.08. The summed E-state index contributed by atoms with van der Waals surface area (Å²) in [7, 11) is 0. The first-order valence-electron chi connectivity index (χ1n) is 7.05. The van der Waals surface area contributed by atoms with E-state index in [1.165, 1.54) is 6.07 Å². The van der Waals surface area contributed by atoms with E-state index in [-0.39, 0.29) is 36.3 Å². The molecule has 1 heterocycles. The summed E-state index contributed by atoms with van der Waals surface area (Å²) in [5.74, 6) is 0.370. The monoisotopic (exact) mass is 492 g/mol. The molecule has 0 aliphatic carbocycles. The van der Waals surface area contributed by atoms with Crippen LogP contribution in [0.4, 0.5) is 4.39 Å². The highest BCUT2D eigenvalue weighted by atomic mass is 127. The molecular formula is C16H19BrFIN4. The van der Waals surface area contributed by atoms with Gasteiger partial charge in [-0.15, -0.1) is 24.0 Å². The standard InChI is InChI=1S/C16H18BrFN4.HI/c1-2-19-16(22-11-14-5-3-4-8-20-14)21-10-12-6-7-13(17)9-15(12)18;/h3-9H,2,10-11H2,1H3,(H2,19,21,22);1H. The van der Waals surface area contributed by atoms with Gasteiger partial charge in [0.15, 0.2) is 5.96 Å². The van der Waals surface area contributed by atoms with Crippen LogP contribution in [0.15, 0.2) is 52.1 Å². The maximum absolute atomic E-state index is 13.8. The molecule has 2 aromatic rings. The third-order valence-electron chi connectivity index (χ3n) is 2.93. The molecule has 124 valence electrons. The zero-order chi connectivity index (χ0) is 15.8. The average Bonchev–Trinajstić information content (AvgIpc) is 2.52. The molecule has 0 saturated carbocycles. The number of pyridine rings is 1. The zero-order valence-electron chi connectivity index (χ0n) is 12.7. The van der Waals surface area contributed by atoms with Gasteiger partial charge in [-0.25, -0.2) is 9.38 Å². The Morgan fingerprint density at radius 3 is 2.74 bits per heavy atom. The van der Waals surface area contributed by atoms with Crippen LogP contribution in [0.2, 0.25) is 0 Å². The van der Waals surface area contributed by atoms with Crippen LogP contribution in [-0.4, -0.2) is 17.5 Å². The number of aliphatic imine (C=N–C) groups is 1. The fraction of sp³-hybridized carbons (Fsp3) is 0.250. The number of nitrogens with one attached hydrogen (secondary N) is 2. The number of benzene rings is 1. The van der Waals surface area contributed by atoms with Crippen LogP contribution in [0, 0.1) is 5.82 Å². The Bertz CT molecular complexity index is 637. The van der Waals surface area contributed by atoms with Gasteiger partial charge in [0.05, 0.1) is 18.8 Å². The highest BCUT2D eigenvalue weighted by Crippen LogP contribution is 2.15. The maximum atomic E-state index is 13.8. The van der Waals surface area contributed by atoms with E-state index in [1.807, 2.05) is 31.2 Å². The quantitative estimate of drug-likeness (QED) is 0.378. The van der Waals surface area contributed by atoms with E-state index in [0.29, 0.717) is 18.1 Å². The summed E-state index contributed by atoms with van der Waals surface area (Å²) in [6.07, 6.45) is 1.75. The van der Waals surface area contributed by atoms with Gasteiger partial charge >= 0.3 is 0 Å². The molecule has 7 heteroatoms. The summed E-state index contributed by atoms with van der Waals surface area (Å²) in [6, 6.07) is 10.7. The van der Waals surface area contributed by atoms with Crippen LogP contribution in [0.5, 0.6) is 0 Å². The van der Waals surface area contributed by atoms with E-state index in [2.05, 4.69) is 36.5 Å². The molecule has 4 nitrogen and oxygen atoms in total. The number of hydrogen-bond donors (Lipinski definition) is 2. The highest BCUT2D eigenvalue weighted by molar-refractivity contribution is 14.0. The van der Waals surface area contributed by atoms with Gasteiger partial charge in [0, 0.05) is 22.8 Å². The van der Waals surface area contributed by atoms with E-state index in [0.717, 1.165) is 16.7 Å². The van der Waals surface area contributed by atoms with E-state index in [1.54, 1.807) is 12.3 Å². The number of guanidine groups is 1. The second-order valence-corrected chi connectivity index (χ2v) is 5.52. The molecule has 0 unspecified atom stereocenters. The van der Waals surface area contributed by atoms with Crippen LogP contribution in [-0.2, 0) is 13.1 Å². The Balaban J connectivity index is 0.00000264. The van der Waals surface area contributed by atoms with E-state index in [4.69, 9.17) is 0 Å². The molecule has 0 saturated heterocycles. The van der Waals surface area contributed by atoms with E-state index in [9.17, 15) is 4.39 Å². The van der Waals surface area contributed by atoms with E-state index < -0.39 is 0 Å². The number of aromatic nitrogens is 1. The van der Waals surface area contributed by atoms with Gasteiger partial charge in [-0.05, 0) is 31.2 Å². The highest BCUT2D eigenvalue weighted by Gasteiger charge is 2.03. The lowest BCUT2D eigenvalue weighted by Crippen LogP contribution is -2.37. The van der Waals surface area contributed by atoms with Gasteiger partial charge in [0.25, 0.3) is 0 Å². The molecule has 0 aliphatic heterocycles. The molecular weight excluding hydrogens is 474 g/mol. The largest absolute Gasteiger partial charge is 0.357 e. The van der Waals surface area contributed by atoms with Crippen molar-refractivity contribution in [2.45, 2.75) is 20.0 Å². The van der Waals surface area contributed by atoms with Gasteiger partial charge in [-0.2, -0.15) is 0 Å². The van der Waals surface area contributed by atoms with Crippen LogP contribution in [0.1, 0.15) is 18.2 Å². The fourth-order valence-corrected chi connectivity index (χ4v) is 2.17. The molecule has 0 aliphatic rings. The fourth-order valence-electron chi connectivity index (χ4n) is 1.83. The molecule has 23 heavy (non-hydrogen) atoms. The first-order chi connectivity index (χ1) is 10.7. The normalized spacial score (nSPS) is 10.8. The van der Waals surface area contributed by atoms with E-state index >= 15 is 0 Å². The topological polar surface area (TPSA) is 49.3 Å². The summed E-state index contributed by atoms with van der Waals surface area (Å²) in [6.45, 7) is 3.56. The first kappa shape index (κ1) is 19.8. The van der Waals surface area contributed by atoms with Gasteiger partial charge in [-0.1, -0.05) is 28.1 Å². The second kappa shape index (κ2) is 10.5. The third kappa shape index (κ3) is 6.82. The van der Waals surface area contributed by atoms with Crippen molar-refractivity contribution in [2.75, 3.05) is 6.54 Å². The van der Waals surface area contributed by atoms with Crippen LogP contribution in [0.3, 0.4) is 0 Å². The van der Waals surface area contributed by atoms with Crippen LogP contribution in [0.25, 0.3) is 0 Å².